The molecule has 0 bridgehead atoms. The second-order valence-corrected chi connectivity index (χ2v) is 5.91. The molecule has 2 unspecified atom stereocenters. The Morgan fingerprint density at radius 3 is 2.69 bits per heavy atom. The quantitative estimate of drug-likeness (QED) is 0.796. The molecule has 0 aromatic heterocycles. The van der Waals surface area contributed by atoms with Gasteiger partial charge in [-0.2, -0.15) is 0 Å². The average molecular weight is 237 g/mol. The molecule has 1 N–H and O–H groups in total. The molecule has 1 aromatic rings. The third-order valence-electron chi connectivity index (χ3n) is 4.23. The van der Waals surface area contributed by atoms with Crippen LogP contribution in [0.4, 0.5) is 0 Å². The summed E-state index contributed by atoms with van der Waals surface area (Å²) in [7, 11) is 0. The molecule has 0 amide bonds. The van der Waals surface area contributed by atoms with E-state index >= 15 is 0 Å². The van der Waals surface area contributed by atoms with Crippen LogP contribution in [0.15, 0.2) is 24.3 Å². The molecule has 0 radical (unpaired) electrons. The summed E-state index contributed by atoms with van der Waals surface area (Å²) in [6.45, 7) is 0. The van der Waals surface area contributed by atoms with Gasteiger partial charge in [0, 0.05) is 5.88 Å². The molecule has 3 rings (SSSR count). The van der Waals surface area contributed by atoms with Gasteiger partial charge in [0.2, 0.25) is 0 Å². The van der Waals surface area contributed by atoms with E-state index in [-0.39, 0.29) is 0 Å². The van der Waals surface area contributed by atoms with Crippen molar-refractivity contribution in [3.8, 4) is 5.75 Å². The predicted molar refractivity (Wildman–Crippen MR) is 65.8 cm³/mol. The van der Waals surface area contributed by atoms with Gasteiger partial charge in [0.25, 0.3) is 0 Å². The van der Waals surface area contributed by atoms with Crippen LogP contribution in [0, 0.1) is 17.3 Å². The number of fused-ring (bicyclic) bond motifs is 1. The Hall–Kier alpha value is -0.690. The van der Waals surface area contributed by atoms with Crippen molar-refractivity contribution in [2.75, 3.05) is 5.88 Å². The number of alkyl halides is 1. The van der Waals surface area contributed by atoms with Crippen LogP contribution in [-0.2, 0) is 6.42 Å². The van der Waals surface area contributed by atoms with E-state index in [1.807, 2.05) is 12.1 Å². The highest BCUT2D eigenvalue weighted by molar-refractivity contribution is 6.18. The Bertz CT molecular complexity index is 391. The van der Waals surface area contributed by atoms with Crippen molar-refractivity contribution < 1.29 is 5.11 Å². The fraction of sp³-hybridized carbons (Fsp3) is 0.571. The Labute approximate surface area is 101 Å². The maximum atomic E-state index is 9.47. The SMILES string of the molecule is Oc1cccc(CC2(CCl)CC3CC3C2)c1. The summed E-state index contributed by atoms with van der Waals surface area (Å²) in [5, 5.41) is 9.47. The number of rotatable bonds is 3. The summed E-state index contributed by atoms with van der Waals surface area (Å²) >= 11 is 6.18. The zero-order valence-electron chi connectivity index (χ0n) is 9.32. The third kappa shape index (κ3) is 1.82. The highest BCUT2D eigenvalue weighted by Gasteiger charge is 2.53. The summed E-state index contributed by atoms with van der Waals surface area (Å²) in [4.78, 5) is 0. The number of phenolic OH excluding ortho intramolecular Hbond substituents is 1. The number of phenols is 1. The normalized spacial score (nSPS) is 36.1. The van der Waals surface area contributed by atoms with E-state index in [2.05, 4.69) is 6.07 Å². The first kappa shape index (κ1) is 10.5. The highest BCUT2D eigenvalue weighted by atomic mass is 35.5. The zero-order chi connectivity index (χ0) is 11.2. The lowest BCUT2D eigenvalue weighted by molar-refractivity contribution is 0.303. The van der Waals surface area contributed by atoms with Crippen LogP contribution in [0.3, 0.4) is 0 Å². The van der Waals surface area contributed by atoms with E-state index in [0.29, 0.717) is 11.2 Å². The van der Waals surface area contributed by atoms with Gasteiger partial charge in [-0.15, -0.1) is 11.6 Å². The maximum absolute atomic E-state index is 9.47. The van der Waals surface area contributed by atoms with E-state index < -0.39 is 0 Å². The largest absolute Gasteiger partial charge is 0.508 e. The fourth-order valence-corrected chi connectivity index (χ4v) is 3.72. The maximum Gasteiger partial charge on any atom is 0.115 e. The molecular formula is C14H17ClO. The molecular weight excluding hydrogens is 220 g/mol. The minimum atomic E-state index is 0.308. The lowest BCUT2D eigenvalue weighted by Crippen LogP contribution is -2.23. The number of hydrogen-bond acceptors (Lipinski definition) is 1. The fourth-order valence-electron chi connectivity index (χ4n) is 3.41. The third-order valence-corrected chi connectivity index (χ3v) is 4.80. The standard InChI is InChI=1S/C14H17ClO/c15-9-14(7-11-5-12(11)8-14)6-10-2-1-3-13(16)4-10/h1-4,11-12,16H,5-9H2. The van der Waals surface area contributed by atoms with Crippen molar-refractivity contribution in [1.29, 1.82) is 0 Å². The number of benzene rings is 1. The van der Waals surface area contributed by atoms with Gasteiger partial charge in [-0.1, -0.05) is 12.1 Å². The van der Waals surface area contributed by atoms with E-state index in [0.717, 1.165) is 24.1 Å². The van der Waals surface area contributed by atoms with Gasteiger partial charge in [-0.25, -0.2) is 0 Å². The Balaban J connectivity index is 1.77. The number of aromatic hydroxyl groups is 1. The van der Waals surface area contributed by atoms with Gasteiger partial charge in [0.15, 0.2) is 0 Å². The molecule has 2 atom stereocenters. The second kappa shape index (κ2) is 3.66. The predicted octanol–water partition coefficient (Wildman–Crippen LogP) is 3.59. The van der Waals surface area contributed by atoms with Gasteiger partial charge in [-0.05, 0) is 60.6 Å². The van der Waals surface area contributed by atoms with E-state index in [4.69, 9.17) is 11.6 Å². The van der Waals surface area contributed by atoms with Crippen molar-refractivity contribution in [1.82, 2.24) is 0 Å². The van der Waals surface area contributed by atoms with Crippen molar-refractivity contribution in [3.05, 3.63) is 29.8 Å². The van der Waals surface area contributed by atoms with Crippen LogP contribution in [-0.4, -0.2) is 11.0 Å². The molecule has 2 heteroatoms. The molecule has 0 spiro atoms. The van der Waals surface area contributed by atoms with Crippen LogP contribution in [0.1, 0.15) is 24.8 Å². The van der Waals surface area contributed by atoms with E-state index in [9.17, 15) is 5.11 Å². The van der Waals surface area contributed by atoms with Crippen molar-refractivity contribution in [3.63, 3.8) is 0 Å². The second-order valence-electron chi connectivity index (χ2n) is 5.64. The van der Waals surface area contributed by atoms with Crippen LogP contribution < -0.4 is 0 Å². The topological polar surface area (TPSA) is 20.2 Å². The smallest absolute Gasteiger partial charge is 0.115 e. The molecule has 86 valence electrons. The lowest BCUT2D eigenvalue weighted by Gasteiger charge is -2.28. The van der Waals surface area contributed by atoms with Gasteiger partial charge < -0.3 is 5.11 Å². The average Bonchev–Trinajstić information content (AvgIpc) is 2.87. The summed E-state index contributed by atoms with van der Waals surface area (Å²) in [6.07, 6.45) is 5.03. The van der Waals surface area contributed by atoms with Crippen LogP contribution in [0.5, 0.6) is 5.75 Å². The molecule has 1 aromatic carbocycles. The molecule has 2 fully saturated rings. The molecule has 16 heavy (non-hydrogen) atoms. The van der Waals surface area contributed by atoms with E-state index in [1.165, 1.54) is 24.8 Å². The zero-order valence-corrected chi connectivity index (χ0v) is 10.1. The van der Waals surface area contributed by atoms with E-state index in [1.54, 1.807) is 6.07 Å². The van der Waals surface area contributed by atoms with Crippen molar-refractivity contribution in [2.45, 2.75) is 25.7 Å². The molecule has 0 saturated heterocycles. The van der Waals surface area contributed by atoms with Gasteiger partial charge in [0.05, 0.1) is 0 Å². The first-order valence-corrected chi connectivity index (χ1v) is 6.58. The molecule has 2 saturated carbocycles. The van der Waals surface area contributed by atoms with Crippen LogP contribution >= 0.6 is 11.6 Å². The monoisotopic (exact) mass is 236 g/mol. The first-order chi connectivity index (χ1) is 7.71. The number of halogens is 1. The van der Waals surface area contributed by atoms with Crippen molar-refractivity contribution in [2.24, 2.45) is 17.3 Å². The summed E-state index contributed by atoms with van der Waals surface area (Å²) in [5.74, 6) is 3.04. The molecule has 2 aliphatic carbocycles. The van der Waals surface area contributed by atoms with Gasteiger partial charge >= 0.3 is 0 Å². The molecule has 0 heterocycles. The van der Waals surface area contributed by atoms with Gasteiger partial charge in [0.1, 0.15) is 5.75 Å². The molecule has 0 aliphatic heterocycles. The summed E-state index contributed by atoms with van der Waals surface area (Å²) in [5.41, 5.74) is 1.53. The highest BCUT2D eigenvalue weighted by Crippen LogP contribution is 2.61. The first-order valence-electron chi connectivity index (χ1n) is 6.05. The summed E-state index contributed by atoms with van der Waals surface area (Å²) < 4.78 is 0. The summed E-state index contributed by atoms with van der Waals surface area (Å²) in [6, 6.07) is 7.61. The number of hydrogen-bond donors (Lipinski definition) is 1. The molecule has 2 aliphatic rings. The molecule has 1 nitrogen and oxygen atoms in total. The van der Waals surface area contributed by atoms with Crippen molar-refractivity contribution >= 4 is 11.6 Å². The minimum Gasteiger partial charge on any atom is -0.508 e. The Kier molecular flexibility index (Phi) is 2.39. The Morgan fingerprint density at radius 1 is 1.31 bits per heavy atom. The minimum absolute atomic E-state index is 0.308. The van der Waals surface area contributed by atoms with Crippen LogP contribution in [0.25, 0.3) is 0 Å². The van der Waals surface area contributed by atoms with Gasteiger partial charge in [-0.3, -0.25) is 0 Å². The lowest BCUT2D eigenvalue weighted by atomic mass is 9.79. The van der Waals surface area contributed by atoms with Crippen LogP contribution in [0.2, 0.25) is 0 Å². The Morgan fingerprint density at radius 2 is 2.06 bits per heavy atom.